The van der Waals surface area contributed by atoms with Crippen LogP contribution in [0.2, 0.25) is 0 Å². The monoisotopic (exact) mass is 351 g/mol. The second-order valence-corrected chi connectivity index (χ2v) is 5.16. The average Bonchev–Trinajstić information content (AvgIpc) is 2.55. The van der Waals surface area contributed by atoms with E-state index >= 15 is 0 Å². The van der Waals surface area contributed by atoms with E-state index in [0.29, 0.717) is 6.54 Å². The Morgan fingerprint density at radius 1 is 1.16 bits per heavy atom. The van der Waals surface area contributed by atoms with Gasteiger partial charge in [0.25, 0.3) is 0 Å². The van der Waals surface area contributed by atoms with Crippen molar-refractivity contribution in [2.45, 2.75) is 19.5 Å². The number of aromatic nitrogens is 1. The van der Waals surface area contributed by atoms with E-state index in [9.17, 15) is 22.8 Å². The summed E-state index contributed by atoms with van der Waals surface area (Å²) in [7, 11) is 0. The number of hydrogen-bond donors (Lipinski definition) is 2. The van der Waals surface area contributed by atoms with Crippen LogP contribution in [0.15, 0.2) is 42.6 Å². The molecule has 1 aromatic heterocycles. The summed E-state index contributed by atoms with van der Waals surface area (Å²) in [6.07, 6.45) is -3.44. The fraction of sp³-hybridized carbons (Fsp3) is 0.235. The number of alkyl halides is 3. The molecule has 0 aliphatic heterocycles. The lowest BCUT2D eigenvalue weighted by atomic mass is 10.1. The van der Waals surface area contributed by atoms with Crippen molar-refractivity contribution in [1.29, 1.82) is 0 Å². The Bertz CT molecular complexity index is 776. The number of carbonyl (C=O) groups is 2. The third-order valence-corrected chi connectivity index (χ3v) is 3.26. The van der Waals surface area contributed by atoms with Crippen LogP contribution in [0.1, 0.15) is 29.3 Å². The molecule has 0 atom stereocenters. The third-order valence-electron chi connectivity index (χ3n) is 3.26. The van der Waals surface area contributed by atoms with Gasteiger partial charge in [-0.25, -0.2) is 4.98 Å². The van der Waals surface area contributed by atoms with Crippen molar-refractivity contribution >= 4 is 23.2 Å². The summed E-state index contributed by atoms with van der Waals surface area (Å²) in [5.41, 5.74) is -0.546. The second-order valence-electron chi connectivity index (χ2n) is 5.16. The van der Waals surface area contributed by atoms with Gasteiger partial charge in [0.15, 0.2) is 5.78 Å². The number of anilines is 2. The van der Waals surface area contributed by atoms with Crippen LogP contribution in [-0.4, -0.2) is 23.2 Å². The van der Waals surface area contributed by atoms with Crippen LogP contribution in [0.25, 0.3) is 0 Å². The summed E-state index contributed by atoms with van der Waals surface area (Å²) in [6, 6.07) is 7.54. The molecule has 1 heterocycles. The Morgan fingerprint density at radius 3 is 2.60 bits per heavy atom. The van der Waals surface area contributed by atoms with Crippen LogP contribution in [0.5, 0.6) is 0 Å². The quantitative estimate of drug-likeness (QED) is 0.617. The van der Waals surface area contributed by atoms with Gasteiger partial charge in [0.05, 0.1) is 17.5 Å². The highest BCUT2D eigenvalue weighted by molar-refractivity contribution is 6.10. The number of pyridine rings is 1. The molecule has 0 fully saturated rings. The molecule has 0 aliphatic rings. The van der Waals surface area contributed by atoms with Gasteiger partial charge in [-0.2, -0.15) is 13.2 Å². The van der Waals surface area contributed by atoms with Crippen LogP contribution >= 0.6 is 0 Å². The number of carbonyl (C=O) groups excluding carboxylic acids is 2. The maximum atomic E-state index is 12.8. The van der Waals surface area contributed by atoms with Crippen molar-refractivity contribution in [3.8, 4) is 0 Å². The number of ketones is 1. The average molecular weight is 351 g/mol. The molecule has 132 valence electrons. The SMILES string of the molecule is CCNC(=O)CC(=O)c1cccnc1Nc1cccc(C(F)(F)F)c1. The number of nitrogens with one attached hydrogen (secondary N) is 2. The lowest BCUT2D eigenvalue weighted by Gasteiger charge is -2.12. The summed E-state index contributed by atoms with van der Waals surface area (Å²) < 4.78 is 38.4. The molecular weight excluding hydrogens is 335 g/mol. The normalized spacial score (nSPS) is 11.0. The van der Waals surface area contributed by atoms with E-state index in [2.05, 4.69) is 15.6 Å². The first-order valence-electron chi connectivity index (χ1n) is 7.50. The first-order chi connectivity index (χ1) is 11.8. The minimum atomic E-state index is -4.47. The predicted octanol–water partition coefficient (Wildman–Crippen LogP) is 3.55. The summed E-state index contributed by atoms with van der Waals surface area (Å²) in [5.74, 6) is -0.814. The van der Waals surface area contributed by atoms with Crippen LogP contribution in [0, 0.1) is 0 Å². The number of amides is 1. The first kappa shape index (κ1) is 18.4. The third kappa shape index (κ3) is 5.03. The van der Waals surface area contributed by atoms with Gasteiger partial charge in [-0.05, 0) is 37.3 Å². The molecule has 0 aliphatic carbocycles. The number of hydrogen-bond acceptors (Lipinski definition) is 4. The van der Waals surface area contributed by atoms with Crippen LogP contribution in [0.3, 0.4) is 0 Å². The van der Waals surface area contributed by atoms with Crippen molar-refractivity contribution in [1.82, 2.24) is 10.3 Å². The van der Waals surface area contributed by atoms with Crippen molar-refractivity contribution in [3.05, 3.63) is 53.7 Å². The Morgan fingerprint density at radius 2 is 1.92 bits per heavy atom. The summed E-state index contributed by atoms with van der Waals surface area (Å²) in [4.78, 5) is 27.8. The van der Waals surface area contributed by atoms with Crippen LogP contribution in [-0.2, 0) is 11.0 Å². The smallest absolute Gasteiger partial charge is 0.356 e. The lowest BCUT2D eigenvalue weighted by Crippen LogP contribution is -2.25. The number of benzene rings is 1. The zero-order valence-electron chi connectivity index (χ0n) is 13.4. The second kappa shape index (κ2) is 7.78. The van der Waals surface area contributed by atoms with Gasteiger partial charge in [-0.3, -0.25) is 9.59 Å². The minimum absolute atomic E-state index is 0.0936. The van der Waals surface area contributed by atoms with Crippen LogP contribution < -0.4 is 10.6 Å². The molecule has 0 unspecified atom stereocenters. The number of Topliss-reactive ketones (excluding diaryl/α,β-unsaturated/α-hetero) is 1. The van der Waals surface area contributed by atoms with Gasteiger partial charge in [0.1, 0.15) is 5.82 Å². The fourth-order valence-corrected chi connectivity index (χ4v) is 2.14. The topological polar surface area (TPSA) is 71.1 Å². The van der Waals surface area contributed by atoms with Crippen molar-refractivity contribution < 1.29 is 22.8 Å². The van der Waals surface area contributed by atoms with Gasteiger partial charge in [-0.1, -0.05) is 6.07 Å². The molecule has 8 heteroatoms. The van der Waals surface area contributed by atoms with Crippen LogP contribution in [0.4, 0.5) is 24.7 Å². The molecule has 5 nitrogen and oxygen atoms in total. The highest BCUT2D eigenvalue weighted by Crippen LogP contribution is 2.31. The predicted molar refractivity (Wildman–Crippen MR) is 86.6 cm³/mol. The Kier molecular flexibility index (Phi) is 5.74. The first-order valence-corrected chi connectivity index (χ1v) is 7.50. The maximum Gasteiger partial charge on any atom is 0.416 e. The van der Waals surface area contributed by atoms with E-state index in [4.69, 9.17) is 0 Å². The molecule has 25 heavy (non-hydrogen) atoms. The summed E-state index contributed by atoms with van der Waals surface area (Å²) in [5, 5.41) is 5.22. The highest BCUT2D eigenvalue weighted by Gasteiger charge is 2.30. The van der Waals surface area contributed by atoms with E-state index in [1.54, 1.807) is 6.92 Å². The largest absolute Gasteiger partial charge is 0.416 e. The Balaban J connectivity index is 2.24. The molecule has 0 spiro atoms. The Labute approximate surface area is 142 Å². The van der Waals surface area contributed by atoms with Gasteiger partial charge in [0.2, 0.25) is 5.91 Å². The number of halogens is 3. The van der Waals surface area contributed by atoms with E-state index in [0.717, 1.165) is 12.1 Å². The zero-order chi connectivity index (χ0) is 18.4. The molecule has 0 radical (unpaired) electrons. The molecule has 0 bridgehead atoms. The van der Waals surface area contributed by atoms with E-state index in [-0.39, 0.29) is 23.5 Å². The van der Waals surface area contributed by atoms with Gasteiger partial charge in [-0.15, -0.1) is 0 Å². The molecule has 1 aromatic carbocycles. The number of rotatable bonds is 6. The van der Waals surface area contributed by atoms with E-state index in [1.165, 1.54) is 30.5 Å². The zero-order valence-corrected chi connectivity index (χ0v) is 13.4. The fourth-order valence-electron chi connectivity index (χ4n) is 2.14. The van der Waals surface area contributed by atoms with Gasteiger partial charge < -0.3 is 10.6 Å². The van der Waals surface area contributed by atoms with Crippen molar-refractivity contribution in [2.75, 3.05) is 11.9 Å². The minimum Gasteiger partial charge on any atom is -0.356 e. The standard InChI is InChI=1S/C17H16F3N3O2/c1-2-21-15(25)10-14(24)13-7-4-8-22-16(13)23-12-6-3-5-11(9-12)17(18,19)20/h3-9H,2,10H2,1H3,(H,21,25)(H,22,23). The van der Waals surface area contributed by atoms with E-state index in [1.807, 2.05) is 0 Å². The summed E-state index contributed by atoms with van der Waals surface area (Å²) >= 11 is 0. The molecule has 0 saturated carbocycles. The molecular formula is C17H16F3N3O2. The van der Waals surface area contributed by atoms with Gasteiger partial charge in [0, 0.05) is 18.4 Å². The highest BCUT2D eigenvalue weighted by atomic mass is 19.4. The molecule has 1 amide bonds. The van der Waals surface area contributed by atoms with Crippen molar-refractivity contribution in [3.63, 3.8) is 0 Å². The maximum absolute atomic E-state index is 12.8. The van der Waals surface area contributed by atoms with E-state index < -0.39 is 23.4 Å². The Hall–Kier alpha value is -2.90. The molecule has 2 N–H and O–H groups in total. The lowest BCUT2D eigenvalue weighted by molar-refractivity contribution is -0.137. The summed E-state index contributed by atoms with van der Waals surface area (Å²) in [6.45, 7) is 2.13. The molecule has 2 aromatic rings. The van der Waals surface area contributed by atoms with Crippen molar-refractivity contribution in [2.24, 2.45) is 0 Å². The number of nitrogens with zero attached hydrogens (tertiary/aromatic N) is 1. The molecule has 2 rings (SSSR count). The molecule has 0 saturated heterocycles. The van der Waals surface area contributed by atoms with Gasteiger partial charge >= 0.3 is 6.18 Å².